The lowest BCUT2D eigenvalue weighted by Crippen LogP contribution is -2.60. The first kappa shape index (κ1) is 84.2. The summed E-state index contributed by atoms with van der Waals surface area (Å²) in [6.07, 6.45) is 3.99. The van der Waals surface area contributed by atoms with Crippen LogP contribution in [0.5, 0.6) is 5.75 Å². The van der Waals surface area contributed by atoms with E-state index in [1.807, 2.05) is 66.2 Å². The highest BCUT2D eigenvalue weighted by Gasteiger charge is 2.37. The van der Waals surface area contributed by atoms with E-state index in [0.29, 0.717) is 98.8 Å². The molecule has 3 amide bonds. The summed E-state index contributed by atoms with van der Waals surface area (Å²) in [6.45, 7) is 10.3. The van der Waals surface area contributed by atoms with Crippen LogP contribution in [-0.4, -0.2) is 208 Å². The molecular formula is C74H96ClF3N17O12S5-. The maximum absolute atomic E-state index is 13.6. The van der Waals surface area contributed by atoms with Crippen molar-refractivity contribution >= 4 is 139 Å². The van der Waals surface area contributed by atoms with E-state index in [2.05, 4.69) is 59.0 Å². The zero-order valence-corrected chi connectivity index (χ0v) is 65.6. The van der Waals surface area contributed by atoms with Gasteiger partial charge in [0.1, 0.15) is 30.0 Å². The van der Waals surface area contributed by atoms with Gasteiger partial charge in [0.15, 0.2) is 16.4 Å². The molecule has 0 saturated carbocycles. The first-order valence-electron chi connectivity index (χ1n) is 35.1. The van der Waals surface area contributed by atoms with E-state index in [1.165, 1.54) is 77.8 Å². The van der Waals surface area contributed by atoms with Crippen LogP contribution in [0.4, 0.5) is 57.7 Å². The second-order valence-corrected chi connectivity index (χ2v) is 32.4. The van der Waals surface area contributed by atoms with Crippen LogP contribution in [0.1, 0.15) is 34.4 Å². The SMILES string of the molecule is CC(Nc1ccc(OC(F)(F)F)cc1)C(=O)N1CCN(c2ccc(S(=O)[O-])cc2)CC1.C[C@H](C(=O)N1CCN(c2ccc(S(=O)(=O)Nc3nccs3)cc2)C[C@@H]1CO)N1CCCc2cc(Cl)ccc21.N.Nc1ccncn1.O=C(C(O)Cn1ccc2ccccc21)N1CCN(c2ccc(S(=O)(=O)Nc3nccs3)cc2)CC1.[HH].[HH].[HH].[HH].[HH].[HH]. The van der Waals surface area contributed by atoms with Crippen molar-refractivity contribution in [3.05, 3.63) is 204 Å². The number of nitrogens with one attached hydrogen (secondary N) is 3. The van der Waals surface area contributed by atoms with Crippen LogP contribution in [0.2, 0.25) is 5.02 Å². The third-order valence-electron chi connectivity index (χ3n) is 18.7. The van der Waals surface area contributed by atoms with Crippen molar-refractivity contribution < 1.29 is 76.7 Å². The molecule has 3 fully saturated rings. The van der Waals surface area contributed by atoms with Crippen molar-refractivity contribution in [2.24, 2.45) is 0 Å². The molecule has 29 nitrogen and oxygen atoms in total. The van der Waals surface area contributed by atoms with Gasteiger partial charge in [0.2, 0.25) is 11.8 Å². The lowest BCUT2D eigenvalue weighted by atomic mass is 9.99. The van der Waals surface area contributed by atoms with Crippen LogP contribution in [0.25, 0.3) is 10.9 Å². The molecule has 608 valence electrons. The summed E-state index contributed by atoms with van der Waals surface area (Å²) in [7, 11) is -7.43. The lowest BCUT2D eigenvalue weighted by molar-refractivity contribution is -0.274. The second-order valence-electron chi connectivity index (χ2n) is 25.9. The van der Waals surface area contributed by atoms with Crippen LogP contribution in [0.15, 0.2) is 208 Å². The number of hydrogen-bond donors (Lipinski definition) is 7. The number of anilines is 8. The number of aryl methyl sites for hydroxylation is 1. The van der Waals surface area contributed by atoms with Gasteiger partial charge in [0.05, 0.1) is 29.0 Å². The Hall–Kier alpha value is -10.2. The summed E-state index contributed by atoms with van der Waals surface area (Å²) in [5.74, 6) is -0.233. The minimum Gasteiger partial charge on any atom is -0.768 e. The standard InChI is InChI=1S/C26H30ClN5O4S2.C24H25N5O4S2.C20H22F3N3O4S.C4H5N3.H3N.6H2/c1-18(31-11-2-3-19-15-20(27)4-9-24(19)31)25(34)32-13-12-30(16-22(32)17-33)21-5-7-23(8-6-21)38(35,36)29-26-28-10-14-37-26;30-22(17-29-11-9-18-3-1-2-4-21(18)29)23(31)28-14-12-27(13-15-28)19-5-7-20(8-6-19)35(32,33)26-24-25-10-16-34-24;1-14(24-15-2-6-17(7-3-15)30-20(21,22)23)19(27)26-12-10-25(11-13-26)16-4-8-18(9-5-16)31(28)29;5-4-1-2-6-3-7-4;;;;;;;/h4-10,14-15,18,22,33H,2-3,11-13,16-17H2,1H3,(H,28,29);1-11,16,22,30H,12-15,17H2,(H,25,26);2-9,14,24H,10-13H2,1H3,(H,28,29);1-3H,(H2,5,6,7);1H3;6*1H/p-1/t18-,22-;;;;;;;;;;/m1........../s1. The monoisotopic (exact) mass is 1670 g/mol. The quantitative estimate of drug-likeness (QED) is 0.0349. The molecule has 0 spiro atoms. The molecule has 3 unspecified atom stereocenters. The molecule has 38 heteroatoms. The number of alkyl halides is 3. The van der Waals surface area contributed by atoms with Crippen molar-refractivity contribution in [2.45, 2.75) is 78.5 Å². The van der Waals surface area contributed by atoms with E-state index >= 15 is 0 Å². The van der Waals surface area contributed by atoms with E-state index in [4.69, 9.17) is 17.3 Å². The molecule has 3 saturated heterocycles. The third-order valence-corrected chi connectivity index (χ3v) is 23.9. The van der Waals surface area contributed by atoms with E-state index < -0.39 is 49.6 Å². The molecule has 4 aliphatic heterocycles. The maximum atomic E-state index is 13.6. The Kier molecular flexibility index (Phi) is 28.8. The molecule has 8 heterocycles. The number of carbonyl (C=O) groups excluding carboxylic acids is 3. The third kappa shape index (κ3) is 22.3. The number of carbonyl (C=O) groups is 3. The molecule has 112 heavy (non-hydrogen) atoms. The van der Waals surface area contributed by atoms with Crippen LogP contribution >= 0.6 is 34.3 Å². The fourth-order valence-electron chi connectivity index (χ4n) is 13.0. The van der Waals surface area contributed by atoms with Crippen molar-refractivity contribution in [3.8, 4) is 5.75 Å². The number of aromatic nitrogens is 5. The van der Waals surface area contributed by atoms with E-state index in [9.17, 15) is 63.4 Å². The molecule has 6 aromatic carbocycles. The first-order chi connectivity index (χ1) is 53.2. The van der Waals surface area contributed by atoms with Crippen LogP contribution < -0.4 is 51.0 Å². The number of halogens is 4. The Labute approximate surface area is 670 Å². The predicted octanol–water partition coefficient (Wildman–Crippen LogP) is 10.7. The Balaban J connectivity index is 0.000000348. The van der Waals surface area contributed by atoms with Gasteiger partial charge in [-0.2, -0.15) is 0 Å². The van der Waals surface area contributed by atoms with Gasteiger partial charge in [-0.15, -0.1) is 35.8 Å². The van der Waals surface area contributed by atoms with Crippen molar-refractivity contribution in [2.75, 3.05) is 125 Å². The summed E-state index contributed by atoms with van der Waals surface area (Å²) < 4.78 is 120. The summed E-state index contributed by atoms with van der Waals surface area (Å²) in [5, 5.41) is 29.6. The number of rotatable bonds is 20. The number of para-hydroxylation sites is 1. The molecule has 0 aliphatic carbocycles. The van der Waals surface area contributed by atoms with Gasteiger partial charge >= 0.3 is 6.36 Å². The highest BCUT2D eigenvalue weighted by atomic mass is 35.5. The summed E-state index contributed by atoms with van der Waals surface area (Å²) >= 11 is 6.35. The van der Waals surface area contributed by atoms with Crippen LogP contribution in [-0.2, 0) is 58.5 Å². The fourth-order valence-corrected chi connectivity index (χ4v) is 17.2. The predicted molar refractivity (Wildman–Crippen MR) is 440 cm³/mol. The number of ether oxygens (including phenoxy) is 1. The number of thiazole rings is 2. The number of benzene rings is 6. The van der Waals surface area contributed by atoms with Gasteiger partial charge in [0.25, 0.3) is 26.0 Å². The largest absolute Gasteiger partial charge is 0.768 e. The average Bonchev–Trinajstić information content (AvgIpc) is 1.23. The molecule has 0 bridgehead atoms. The normalized spacial score (nSPS) is 16.3. The van der Waals surface area contributed by atoms with Crippen molar-refractivity contribution in [1.82, 2.24) is 45.4 Å². The van der Waals surface area contributed by atoms with Gasteiger partial charge in [-0.25, -0.2) is 36.8 Å². The van der Waals surface area contributed by atoms with Gasteiger partial charge in [-0.3, -0.25) is 28.0 Å². The Morgan fingerprint density at radius 3 is 1.77 bits per heavy atom. The van der Waals surface area contributed by atoms with Crippen molar-refractivity contribution in [3.63, 3.8) is 0 Å². The molecule has 10 aromatic rings. The Morgan fingerprint density at radius 2 is 1.25 bits per heavy atom. The highest BCUT2D eigenvalue weighted by Crippen LogP contribution is 2.34. The van der Waals surface area contributed by atoms with E-state index in [1.54, 1.807) is 105 Å². The minimum atomic E-state index is -4.75. The smallest absolute Gasteiger partial charge is 0.573 e. The lowest BCUT2D eigenvalue weighted by Gasteiger charge is -2.44. The number of amides is 3. The maximum Gasteiger partial charge on any atom is 0.573 e. The fraction of sp³-hybridized carbons (Fsp3) is 0.311. The van der Waals surface area contributed by atoms with Crippen LogP contribution in [0.3, 0.4) is 0 Å². The summed E-state index contributed by atoms with van der Waals surface area (Å²) in [6, 6.07) is 41.0. The average molecular weight is 1670 g/mol. The van der Waals surface area contributed by atoms with Crippen molar-refractivity contribution in [1.29, 1.82) is 0 Å². The number of aliphatic hydroxyl groups is 2. The molecule has 5 atom stereocenters. The summed E-state index contributed by atoms with van der Waals surface area (Å²) in [5.41, 5.74) is 11.5. The highest BCUT2D eigenvalue weighted by molar-refractivity contribution is 7.93. The molecule has 14 rings (SSSR count). The number of aliphatic hydroxyl groups excluding tert-OH is 2. The number of sulfonamides is 2. The number of nitrogens with two attached hydrogens (primary N) is 1. The van der Waals surface area contributed by atoms with Gasteiger partial charge < -0.3 is 75.6 Å². The molecule has 10 N–H and O–H groups in total. The van der Waals surface area contributed by atoms with Gasteiger partial charge in [-0.1, -0.05) is 29.8 Å². The van der Waals surface area contributed by atoms with Crippen LogP contribution in [0, 0.1) is 0 Å². The minimum absolute atomic E-state index is 0. The Bertz CT molecular complexity index is 5020. The number of piperazine rings is 3. The first-order valence-corrected chi connectivity index (χ1v) is 41.3. The Morgan fingerprint density at radius 1 is 0.696 bits per heavy atom. The zero-order chi connectivity index (χ0) is 79.0. The molecule has 0 radical (unpaired) electrons. The summed E-state index contributed by atoms with van der Waals surface area (Å²) in [4.78, 5) is 68.5. The molecular weight excluding hydrogens is 1570 g/mol. The number of nitrogens with zero attached hydrogens (tertiary/aromatic N) is 12. The second kappa shape index (κ2) is 38.3. The van der Waals surface area contributed by atoms with Gasteiger partial charge in [-0.05, 0) is 182 Å². The zero-order valence-electron chi connectivity index (χ0n) is 60.8. The van der Waals surface area contributed by atoms with E-state index in [0.717, 1.165) is 58.6 Å². The molecule has 4 aromatic heterocycles. The number of hydrogen-bond acceptors (Lipinski definition) is 25. The van der Waals surface area contributed by atoms with Gasteiger partial charge in [0, 0.05) is 167 Å². The molecule has 4 aliphatic rings. The van der Waals surface area contributed by atoms with E-state index in [-0.39, 0.29) is 78.1 Å². The topological polar surface area (TPSA) is 386 Å². The number of fused-ring (bicyclic) bond motifs is 2. The number of nitrogen functional groups attached to an aromatic ring is 1.